The van der Waals surface area contributed by atoms with Crippen LogP contribution < -0.4 is 5.73 Å². The number of hydrogen-bond acceptors (Lipinski definition) is 6. The van der Waals surface area contributed by atoms with Crippen molar-refractivity contribution in [1.82, 2.24) is 14.9 Å². The Bertz CT molecular complexity index is 543. The van der Waals surface area contributed by atoms with Crippen molar-refractivity contribution in [1.29, 1.82) is 0 Å². The minimum absolute atomic E-state index is 0.307. The van der Waals surface area contributed by atoms with Crippen molar-refractivity contribution in [2.75, 3.05) is 18.5 Å². The quantitative estimate of drug-likeness (QED) is 0.634. The van der Waals surface area contributed by atoms with Crippen LogP contribution in [0.4, 0.5) is 10.6 Å². The van der Waals surface area contributed by atoms with Crippen molar-refractivity contribution in [3.63, 3.8) is 0 Å². The van der Waals surface area contributed by atoms with E-state index in [0.29, 0.717) is 24.1 Å². The number of thioether (sulfide) groups is 1. The molecule has 6 nitrogen and oxygen atoms in total. The number of carbonyl (C=O) groups is 1. The van der Waals surface area contributed by atoms with E-state index in [9.17, 15) is 4.79 Å². The number of carbonyl (C=O) groups excluding carboxylic acids is 1. The molecule has 7 heteroatoms. The third-order valence-electron chi connectivity index (χ3n) is 3.13. The van der Waals surface area contributed by atoms with Crippen LogP contribution in [0.1, 0.15) is 38.4 Å². The molecule has 1 aliphatic heterocycles. The molecular formula is C14H22N4O2S. The molecule has 1 aromatic rings. The first-order chi connectivity index (χ1) is 9.80. The smallest absolute Gasteiger partial charge is 0.410 e. The number of aromatic nitrogens is 2. The normalized spacial score (nSPS) is 15.3. The van der Waals surface area contributed by atoms with Crippen LogP contribution >= 0.6 is 11.8 Å². The maximum atomic E-state index is 12.2. The number of ether oxygens (including phenoxy) is 1. The van der Waals surface area contributed by atoms with Crippen molar-refractivity contribution in [3.05, 3.63) is 11.3 Å². The van der Waals surface area contributed by atoms with Gasteiger partial charge in [-0.3, -0.25) is 0 Å². The van der Waals surface area contributed by atoms with E-state index < -0.39 is 5.60 Å². The fraction of sp³-hybridized carbons (Fsp3) is 0.643. The van der Waals surface area contributed by atoms with Crippen molar-refractivity contribution >= 4 is 23.7 Å². The van der Waals surface area contributed by atoms with Crippen LogP contribution in [-0.4, -0.2) is 39.4 Å². The second-order valence-electron chi connectivity index (χ2n) is 6.03. The molecule has 0 atom stereocenters. The summed E-state index contributed by atoms with van der Waals surface area (Å²) in [5.74, 6) is 0.524. The zero-order chi connectivity index (χ0) is 15.6. The molecule has 1 aliphatic rings. The molecule has 0 saturated heterocycles. The summed E-state index contributed by atoms with van der Waals surface area (Å²) in [4.78, 5) is 22.7. The van der Waals surface area contributed by atoms with Gasteiger partial charge >= 0.3 is 6.09 Å². The fourth-order valence-electron chi connectivity index (χ4n) is 2.21. The fourth-order valence-corrected chi connectivity index (χ4v) is 2.60. The number of fused-ring (bicyclic) bond motifs is 1. The van der Waals surface area contributed by atoms with Gasteiger partial charge in [-0.25, -0.2) is 14.8 Å². The van der Waals surface area contributed by atoms with E-state index in [1.54, 1.807) is 4.90 Å². The summed E-state index contributed by atoms with van der Waals surface area (Å²) in [6.45, 7) is 6.65. The van der Waals surface area contributed by atoms with E-state index in [2.05, 4.69) is 9.97 Å². The number of nitrogens with two attached hydrogens (primary N) is 1. The lowest BCUT2D eigenvalue weighted by Gasteiger charge is -2.26. The molecule has 116 valence electrons. The summed E-state index contributed by atoms with van der Waals surface area (Å²) < 4.78 is 5.44. The number of hydrogen-bond donors (Lipinski definition) is 1. The van der Waals surface area contributed by atoms with Gasteiger partial charge in [0.15, 0.2) is 5.16 Å². The molecule has 0 unspecified atom stereocenters. The summed E-state index contributed by atoms with van der Waals surface area (Å²) in [7, 11) is 0. The van der Waals surface area contributed by atoms with Crippen LogP contribution in [0, 0.1) is 0 Å². The average Bonchev–Trinajstić information content (AvgIpc) is 2.59. The van der Waals surface area contributed by atoms with E-state index in [1.807, 2.05) is 27.0 Å². The van der Waals surface area contributed by atoms with E-state index >= 15 is 0 Å². The van der Waals surface area contributed by atoms with Gasteiger partial charge in [0.1, 0.15) is 11.4 Å². The molecule has 1 amide bonds. The third-order valence-corrected chi connectivity index (χ3v) is 3.68. The highest BCUT2D eigenvalue weighted by Gasteiger charge is 2.26. The summed E-state index contributed by atoms with van der Waals surface area (Å²) in [6.07, 6.45) is 3.22. The van der Waals surface area contributed by atoms with Gasteiger partial charge in [0.05, 0.1) is 12.2 Å². The largest absolute Gasteiger partial charge is 0.444 e. The molecule has 0 bridgehead atoms. The van der Waals surface area contributed by atoms with Gasteiger partial charge in [-0.05, 0) is 39.9 Å². The molecule has 0 aliphatic carbocycles. The number of nitrogens with zero attached hydrogens (tertiary/aromatic N) is 3. The maximum absolute atomic E-state index is 12.2. The molecule has 2 heterocycles. The van der Waals surface area contributed by atoms with Gasteiger partial charge in [-0.2, -0.15) is 0 Å². The molecule has 2 rings (SSSR count). The van der Waals surface area contributed by atoms with Gasteiger partial charge in [0.25, 0.3) is 0 Å². The van der Waals surface area contributed by atoms with Crippen LogP contribution in [-0.2, 0) is 17.7 Å². The van der Waals surface area contributed by atoms with Gasteiger partial charge in [-0.1, -0.05) is 11.8 Å². The SMILES string of the molecule is CSc1nc(N)c2c(n1)CN(C(=O)OC(C)(C)C)CCC2. The Hall–Kier alpha value is -1.50. The molecule has 0 aromatic carbocycles. The Balaban J connectivity index is 2.24. The van der Waals surface area contributed by atoms with E-state index in [-0.39, 0.29) is 6.09 Å². The molecule has 2 N–H and O–H groups in total. The summed E-state index contributed by atoms with van der Waals surface area (Å²) in [5.41, 5.74) is 7.30. The van der Waals surface area contributed by atoms with E-state index in [1.165, 1.54) is 11.8 Å². The number of nitrogen functional groups attached to an aromatic ring is 1. The summed E-state index contributed by atoms with van der Waals surface area (Å²) in [5, 5.41) is 0.636. The second-order valence-corrected chi connectivity index (χ2v) is 6.80. The zero-order valence-electron chi connectivity index (χ0n) is 13.0. The second kappa shape index (κ2) is 6.09. The van der Waals surface area contributed by atoms with E-state index in [0.717, 1.165) is 24.1 Å². The first-order valence-corrected chi connectivity index (χ1v) is 8.20. The first-order valence-electron chi connectivity index (χ1n) is 6.97. The topological polar surface area (TPSA) is 81.3 Å². The van der Waals surface area contributed by atoms with Crippen LogP contribution in [0.15, 0.2) is 5.16 Å². The standard InChI is InChI=1S/C14H22N4O2S/c1-14(2,3)20-13(19)18-7-5-6-9-10(8-18)16-12(21-4)17-11(9)15/h5-8H2,1-4H3,(H2,15,16,17). The predicted octanol–water partition coefficient (Wildman–Crippen LogP) is 2.46. The van der Waals surface area contributed by atoms with Gasteiger partial charge in [-0.15, -0.1) is 0 Å². The highest BCUT2D eigenvalue weighted by molar-refractivity contribution is 7.98. The molecular weight excluding hydrogens is 288 g/mol. The monoisotopic (exact) mass is 310 g/mol. The first kappa shape index (κ1) is 15.9. The van der Waals surface area contributed by atoms with Crippen molar-refractivity contribution in [2.45, 2.75) is 50.9 Å². The molecule has 0 saturated carbocycles. The molecule has 1 aromatic heterocycles. The number of anilines is 1. The van der Waals surface area contributed by atoms with Crippen LogP contribution in [0.25, 0.3) is 0 Å². The lowest BCUT2D eigenvalue weighted by Crippen LogP contribution is -2.36. The summed E-state index contributed by atoms with van der Waals surface area (Å²) >= 11 is 1.45. The van der Waals surface area contributed by atoms with Crippen molar-refractivity contribution < 1.29 is 9.53 Å². The number of rotatable bonds is 1. The molecule has 0 spiro atoms. The predicted molar refractivity (Wildman–Crippen MR) is 83.2 cm³/mol. The lowest BCUT2D eigenvalue weighted by molar-refractivity contribution is 0.0234. The van der Waals surface area contributed by atoms with Crippen molar-refractivity contribution in [2.24, 2.45) is 0 Å². The third kappa shape index (κ3) is 4.00. The highest BCUT2D eigenvalue weighted by atomic mass is 32.2. The molecule has 0 radical (unpaired) electrons. The Morgan fingerprint density at radius 2 is 2.10 bits per heavy atom. The Morgan fingerprint density at radius 3 is 2.71 bits per heavy atom. The van der Waals surface area contributed by atoms with Gasteiger partial charge < -0.3 is 15.4 Å². The number of amides is 1. The van der Waals surface area contributed by atoms with Crippen LogP contribution in [0.3, 0.4) is 0 Å². The Kier molecular flexibility index (Phi) is 4.61. The van der Waals surface area contributed by atoms with Gasteiger partial charge in [0.2, 0.25) is 0 Å². The Morgan fingerprint density at radius 1 is 1.38 bits per heavy atom. The van der Waals surface area contributed by atoms with Gasteiger partial charge in [0, 0.05) is 12.1 Å². The minimum Gasteiger partial charge on any atom is -0.444 e. The maximum Gasteiger partial charge on any atom is 0.410 e. The minimum atomic E-state index is -0.499. The highest BCUT2D eigenvalue weighted by Crippen LogP contribution is 2.24. The van der Waals surface area contributed by atoms with Crippen molar-refractivity contribution in [3.8, 4) is 0 Å². The van der Waals surface area contributed by atoms with Crippen LogP contribution in [0.5, 0.6) is 0 Å². The average molecular weight is 310 g/mol. The van der Waals surface area contributed by atoms with Crippen LogP contribution in [0.2, 0.25) is 0 Å². The molecule has 21 heavy (non-hydrogen) atoms. The zero-order valence-corrected chi connectivity index (χ0v) is 13.8. The molecule has 0 fully saturated rings. The van der Waals surface area contributed by atoms with E-state index in [4.69, 9.17) is 10.5 Å². The summed E-state index contributed by atoms with van der Waals surface area (Å²) in [6, 6.07) is 0. The lowest BCUT2D eigenvalue weighted by atomic mass is 10.1. The Labute approximate surface area is 129 Å².